The number of ether oxygens (including phenoxy) is 1. The van der Waals surface area contributed by atoms with Crippen LogP contribution in [-0.2, 0) is 9.53 Å². The van der Waals surface area contributed by atoms with Gasteiger partial charge in [-0.05, 0) is 25.1 Å². The monoisotopic (exact) mass is 247 g/mol. The van der Waals surface area contributed by atoms with Crippen LogP contribution >= 0.6 is 0 Å². The van der Waals surface area contributed by atoms with E-state index < -0.39 is 5.97 Å². The highest BCUT2D eigenvalue weighted by Gasteiger charge is 2.09. The number of carbonyl (C=O) groups is 2. The van der Waals surface area contributed by atoms with Gasteiger partial charge in [-0.15, -0.1) is 0 Å². The van der Waals surface area contributed by atoms with Crippen molar-refractivity contribution in [1.82, 2.24) is 15.5 Å². The number of nitrogens with one attached hydrogen (secondary N) is 2. The molecule has 2 N–H and O–H groups in total. The van der Waals surface area contributed by atoms with Crippen LogP contribution < -0.4 is 5.32 Å². The molecule has 0 aliphatic carbocycles. The Bertz CT molecular complexity index is 577. The molecule has 2 rings (SSSR count). The van der Waals surface area contributed by atoms with Crippen LogP contribution in [-0.4, -0.2) is 35.2 Å². The van der Waals surface area contributed by atoms with E-state index in [2.05, 4.69) is 15.5 Å². The molecule has 1 aromatic carbocycles. The van der Waals surface area contributed by atoms with E-state index in [-0.39, 0.29) is 12.5 Å². The Morgan fingerprint density at radius 1 is 1.44 bits per heavy atom. The average Bonchev–Trinajstić information content (AvgIpc) is 2.83. The smallest absolute Gasteiger partial charge is 0.325 e. The number of benzene rings is 1. The van der Waals surface area contributed by atoms with Crippen LogP contribution in [0.25, 0.3) is 10.9 Å². The van der Waals surface area contributed by atoms with Crippen molar-refractivity contribution in [2.75, 3.05) is 13.2 Å². The largest absolute Gasteiger partial charge is 0.465 e. The molecule has 94 valence electrons. The van der Waals surface area contributed by atoms with E-state index >= 15 is 0 Å². The normalized spacial score (nSPS) is 10.3. The molecule has 0 atom stereocenters. The first-order valence-corrected chi connectivity index (χ1v) is 5.57. The van der Waals surface area contributed by atoms with E-state index in [4.69, 9.17) is 4.74 Å². The zero-order chi connectivity index (χ0) is 13.0. The van der Waals surface area contributed by atoms with Crippen molar-refractivity contribution in [1.29, 1.82) is 0 Å². The number of nitrogens with zero attached hydrogens (tertiary/aromatic N) is 1. The quantitative estimate of drug-likeness (QED) is 0.785. The zero-order valence-electron chi connectivity index (χ0n) is 9.90. The van der Waals surface area contributed by atoms with Gasteiger partial charge in [0.05, 0.1) is 18.3 Å². The molecule has 1 heterocycles. The van der Waals surface area contributed by atoms with Crippen molar-refractivity contribution >= 4 is 22.8 Å². The second-order valence-corrected chi connectivity index (χ2v) is 3.66. The Kier molecular flexibility index (Phi) is 3.57. The fraction of sp³-hybridized carbons (Fsp3) is 0.250. The molecule has 0 aliphatic heterocycles. The molecule has 0 aliphatic rings. The maximum atomic E-state index is 11.8. The second kappa shape index (κ2) is 5.31. The number of H-pyrrole nitrogens is 1. The molecule has 1 amide bonds. The van der Waals surface area contributed by atoms with Crippen molar-refractivity contribution < 1.29 is 14.3 Å². The minimum Gasteiger partial charge on any atom is -0.465 e. The Balaban J connectivity index is 2.02. The van der Waals surface area contributed by atoms with Crippen molar-refractivity contribution in [2.45, 2.75) is 6.92 Å². The molecule has 0 fully saturated rings. The van der Waals surface area contributed by atoms with Gasteiger partial charge in [0.2, 0.25) is 0 Å². The lowest BCUT2D eigenvalue weighted by Crippen LogP contribution is -2.30. The molecule has 0 unspecified atom stereocenters. The third-order valence-electron chi connectivity index (χ3n) is 2.40. The maximum Gasteiger partial charge on any atom is 0.325 e. The van der Waals surface area contributed by atoms with E-state index in [0.29, 0.717) is 12.2 Å². The maximum absolute atomic E-state index is 11.8. The lowest BCUT2D eigenvalue weighted by Gasteiger charge is -2.04. The molecule has 0 saturated carbocycles. The number of carbonyl (C=O) groups excluding carboxylic acids is 2. The number of hydrogen-bond acceptors (Lipinski definition) is 4. The first kappa shape index (κ1) is 12.1. The summed E-state index contributed by atoms with van der Waals surface area (Å²) in [6.45, 7) is 1.89. The molecule has 1 aromatic heterocycles. The van der Waals surface area contributed by atoms with Crippen molar-refractivity contribution in [3.8, 4) is 0 Å². The number of hydrogen-bond donors (Lipinski definition) is 2. The Morgan fingerprint density at radius 3 is 3.06 bits per heavy atom. The van der Waals surface area contributed by atoms with Crippen LogP contribution in [0.1, 0.15) is 17.3 Å². The van der Waals surface area contributed by atoms with Gasteiger partial charge < -0.3 is 10.1 Å². The van der Waals surface area contributed by atoms with Crippen LogP contribution in [0.3, 0.4) is 0 Å². The van der Waals surface area contributed by atoms with Crippen molar-refractivity contribution in [3.63, 3.8) is 0 Å². The van der Waals surface area contributed by atoms with Gasteiger partial charge >= 0.3 is 5.97 Å². The third-order valence-corrected chi connectivity index (χ3v) is 2.40. The predicted molar refractivity (Wildman–Crippen MR) is 65.1 cm³/mol. The summed E-state index contributed by atoms with van der Waals surface area (Å²) in [5, 5.41) is 10.0. The summed E-state index contributed by atoms with van der Waals surface area (Å²) in [6, 6.07) is 5.14. The number of amides is 1. The molecule has 2 aromatic rings. The minimum absolute atomic E-state index is 0.129. The Labute approximate surface area is 103 Å². The van der Waals surface area contributed by atoms with Crippen LogP contribution in [0, 0.1) is 0 Å². The zero-order valence-corrected chi connectivity index (χ0v) is 9.90. The second-order valence-electron chi connectivity index (χ2n) is 3.66. The van der Waals surface area contributed by atoms with Crippen LogP contribution in [0.5, 0.6) is 0 Å². The van der Waals surface area contributed by atoms with Crippen LogP contribution in [0.15, 0.2) is 24.4 Å². The highest BCUT2D eigenvalue weighted by Crippen LogP contribution is 2.12. The summed E-state index contributed by atoms with van der Waals surface area (Å²) in [6.07, 6.45) is 1.64. The summed E-state index contributed by atoms with van der Waals surface area (Å²) in [4.78, 5) is 22.9. The summed E-state index contributed by atoms with van der Waals surface area (Å²) >= 11 is 0. The highest BCUT2D eigenvalue weighted by atomic mass is 16.5. The molecular weight excluding hydrogens is 234 g/mol. The van der Waals surface area contributed by atoms with Gasteiger partial charge in [-0.25, -0.2) is 0 Å². The summed E-state index contributed by atoms with van der Waals surface area (Å²) in [7, 11) is 0. The standard InChI is InChI=1S/C12H13N3O3/c1-2-18-11(16)7-13-12(17)8-3-4-10-9(5-8)6-14-15-10/h3-6H,2,7H2,1H3,(H,13,17)(H,14,15). The van der Waals surface area contributed by atoms with Gasteiger partial charge in [0, 0.05) is 10.9 Å². The number of fused-ring (bicyclic) bond motifs is 1. The number of rotatable bonds is 4. The molecular formula is C12H13N3O3. The summed E-state index contributed by atoms with van der Waals surface area (Å²) < 4.78 is 4.72. The first-order chi connectivity index (χ1) is 8.70. The molecule has 6 heteroatoms. The number of aromatic nitrogens is 2. The Hall–Kier alpha value is -2.37. The number of aromatic amines is 1. The average molecular weight is 247 g/mol. The minimum atomic E-state index is -0.449. The van der Waals surface area contributed by atoms with Crippen molar-refractivity contribution in [3.05, 3.63) is 30.0 Å². The van der Waals surface area contributed by atoms with Crippen LogP contribution in [0.4, 0.5) is 0 Å². The molecule has 0 bridgehead atoms. The topological polar surface area (TPSA) is 84.1 Å². The lowest BCUT2D eigenvalue weighted by molar-refractivity contribution is -0.141. The van der Waals surface area contributed by atoms with E-state index in [1.807, 2.05) is 0 Å². The fourth-order valence-corrected chi connectivity index (χ4v) is 1.55. The Morgan fingerprint density at radius 2 is 2.28 bits per heavy atom. The van der Waals surface area contributed by atoms with Gasteiger partial charge in [-0.3, -0.25) is 14.7 Å². The van der Waals surface area contributed by atoms with Crippen LogP contribution in [0.2, 0.25) is 0 Å². The molecule has 0 radical (unpaired) electrons. The highest BCUT2D eigenvalue weighted by molar-refractivity contribution is 5.99. The van der Waals surface area contributed by atoms with Gasteiger partial charge in [0.25, 0.3) is 5.91 Å². The van der Waals surface area contributed by atoms with Gasteiger partial charge in [-0.1, -0.05) is 0 Å². The van der Waals surface area contributed by atoms with Gasteiger partial charge in [0.1, 0.15) is 6.54 Å². The summed E-state index contributed by atoms with van der Waals surface area (Å²) in [5.41, 5.74) is 1.34. The predicted octanol–water partition coefficient (Wildman–Crippen LogP) is 0.856. The lowest BCUT2D eigenvalue weighted by atomic mass is 10.1. The summed E-state index contributed by atoms with van der Waals surface area (Å²) in [5.74, 6) is -0.763. The molecule has 18 heavy (non-hydrogen) atoms. The van der Waals surface area contributed by atoms with E-state index in [1.54, 1.807) is 31.3 Å². The van der Waals surface area contributed by atoms with E-state index in [1.165, 1.54) is 0 Å². The van der Waals surface area contributed by atoms with E-state index in [0.717, 1.165) is 10.9 Å². The fourth-order valence-electron chi connectivity index (χ4n) is 1.55. The first-order valence-electron chi connectivity index (χ1n) is 5.57. The van der Waals surface area contributed by atoms with Crippen molar-refractivity contribution in [2.24, 2.45) is 0 Å². The molecule has 6 nitrogen and oxygen atoms in total. The SMILES string of the molecule is CCOC(=O)CNC(=O)c1ccc2[nH]ncc2c1. The molecule has 0 saturated heterocycles. The van der Waals surface area contributed by atoms with E-state index in [9.17, 15) is 9.59 Å². The van der Waals surface area contributed by atoms with Gasteiger partial charge in [0.15, 0.2) is 0 Å². The molecule has 0 spiro atoms. The third kappa shape index (κ3) is 2.65. The number of esters is 1. The van der Waals surface area contributed by atoms with Gasteiger partial charge in [-0.2, -0.15) is 5.10 Å².